The van der Waals surface area contributed by atoms with E-state index in [0.717, 1.165) is 0 Å². The molecule has 0 fully saturated rings. The largest absolute Gasteiger partial charge is 0.394 e. The van der Waals surface area contributed by atoms with Crippen LogP contribution in [0.25, 0.3) is 0 Å². The zero-order valence-electron chi connectivity index (χ0n) is 8.89. The molecule has 0 aliphatic carbocycles. The molecule has 1 amide bonds. The van der Waals surface area contributed by atoms with Gasteiger partial charge in [-0.2, -0.15) is 0 Å². The molecule has 0 heterocycles. The van der Waals surface area contributed by atoms with Gasteiger partial charge in [0.25, 0.3) is 0 Å². The highest BCUT2D eigenvalue weighted by atomic mass is 16.4. The molecule has 0 aliphatic rings. The number of rotatable bonds is 5. The second kappa shape index (κ2) is 9.46. The fourth-order valence-electron chi connectivity index (χ4n) is 0.671. The summed E-state index contributed by atoms with van der Waals surface area (Å²) < 4.78 is 0. The number of carbonyl (C=O) groups is 1. The van der Waals surface area contributed by atoms with Crippen LogP contribution in [0.1, 0.15) is 6.92 Å². The number of nitrogens with two attached hydrogens (primary N) is 1. The lowest BCUT2D eigenvalue weighted by molar-refractivity contribution is -0.123. The molecule has 0 aromatic heterocycles. The van der Waals surface area contributed by atoms with Gasteiger partial charge in [0.05, 0.1) is 13.2 Å². The summed E-state index contributed by atoms with van der Waals surface area (Å²) in [5, 5.41) is 52.2. The van der Waals surface area contributed by atoms with E-state index in [4.69, 9.17) is 30.6 Å². The lowest BCUT2D eigenvalue weighted by Crippen LogP contribution is -2.46. The normalized spacial score (nSPS) is 17.7. The molecular formula is C8H19NO7. The van der Waals surface area contributed by atoms with Gasteiger partial charge in [0.1, 0.15) is 24.4 Å². The highest BCUT2D eigenvalue weighted by Gasteiger charge is 2.29. The molecule has 0 bridgehead atoms. The second-order valence-electron chi connectivity index (χ2n) is 3.09. The van der Waals surface area contributed by atoms with Crippen LogP contribution < -0.4 is 5.73 Å². The summed E-state index contributed by atoms with van der Waals surface area (Å²) >= 11 is 0. The number of hydrogen-bond acceptors (Lipinski definition) is 7. The lowest BCUT2D eigenvalue weighted by atomic mass is 10.0. The maximum atomic E-state index is 9.22. The summed E-state index contributed by atoms with van der Waals surface area (Å²) in [5.74, 6) is -0.333. The first-order valence-electron chi connectivity index (χ1n) is 4.47. The van der Waals surface area contributed by atoms with Crippen LogP contribution in [-0.2, 0) is 4.79 Å². The van der Waals surface area contributed by atoms with Crippen LogP contribution in [0, 0.1) is 0 Å². The Labute approximate surface area is 92.6 Å². The Kier molecular flexibility index (Phi) is 10.4. The summed E-state index contributed by atoms with van der Waals surface area (Å²) in [7, 11) is 0. The Morgan fingerprint density at radius 3 is 1.31 bits per heavy atom. The molecule has 0 aromatic rings. The number of hydrogen-bond donors (Lipinski definition) is 7. The van der Waals surface area contributed by atoms with Crippen LogP contribution in [0.4, 0.5) is 0 Å². The molecule has 0 spiro atoms. The van der Waals surface area contributed by atoms with Crippen LogP contribution in [0.2, 0.25) is 0 Å². The molecule has 0 aromatic carbocycles. The summed E-state index contributed by atoms with van der Waals surface area (Å²) in [6, 6.07) is 0. The summed E-state index contributed by atoms with van der Waals surface area (Å²) in [6.45, 7) is -0.146. The molecule has 0 saturated heterocycles. The van der Waals surface area contributed by atoms with E-state index in [9.17, 15) is 4.79 Å². The van der Waals surface area contributed by atoms with Gasteiger partial charge < -0.3 is 36.4 Å². The van der Waals surface area contributed by atoms with Gasteiger partial charge >= 0.3 is 0 Å². The first-order chi connectivity index (χ1) is 7.27. The topological polar surface area (TPSA) is 164 Å². The quantitative estimate of drug-likeness (QED) is 0.257. The molecule has 8 heteroatoms. The number of carbonyl (C=O) groups excluding carboxylic acids is 1. The Bertz CT molecular complexity index is 171. The third-order valence-electron chi connectivity index (χ3n) is 1.51. The van der Waals surface area contributed by atoms with E-state index in [1.807, 2.05) is 0 Å². The van der Waals surface area contributed by atoms with E-state index in [1.54, 1.807) is 0 Å². The molecule has 0 aliphatic heterocycles. The van der Waals surface area contributed by atoms with Crippen molar-refractivity contribution in [2.75, 3.05) is 13.2 Å². The van der Waals surface area contributed by atoms with Crippen molar-refractivity contribution >= 4 is 5.91 Å². The molecule has 0 radical (unpaired) electrons. The van der Waals surface area contributed by atoms with Crippen LogP contribution in [0.5, 0.6) is 0 Å². The van der Waals surface area contributed by atoms with Crippen molar-refractivity contribution in [2.45, 2.75) is 31.3 Å². The van der Waals surface area contributed by atoms with Crippen molar-refractivity contribution in [3.63, 3.8) is 0 Å². The Hall–Kier alpha value is -0.770. The predicted molar refractivity (Wildman–Crippen MR) is 53.1 cm³/mol. The highest BCUT2D eigenvalue weighted by Crippen LogP contribution is 2.03. The maximum absolute atomic E-state index is 9.22. The summed E-state index contributed by atoms with van der Waals surface area (Å²) in [6.07, 6.45) is -6.39. The smallest absolute Gasteiger partial charge is 0.214 e. The summed E-state index contributed by atoms with van der Waals surface area (Å²) in [4.78, 5) is 9.22. The van der Waals surface area contributed by atoms with Crippen molar-refractivity contribution in [1.82, 2.24) is 0 Å². The van der Waals surface area contributed by atoms with Crippen LogP contribution in [-0.4, -0.2) is 74.2 Å². The summed E-state index contributed by atoms with van der Waals surface area (Å²) in [5.41, 5.74) is 4.47. The van der Waals surface area contributed by atoms with Gasteiger partial charge in [0.15, 0.2) is 0 Å². The van der Waals surface area contributed by atoms with Crippen LogP contribution >= 0.6 is 0 Å². The minimum Gasteiger partial charge on any atom is -0.394 e. The van der Waals surface area contributed by atoms with Crippen molar-refractivity contribution < 1.29 is 35.4 Å². The molecule has 0 saturated carbocycles. The lowest BCUT2D eigenvalue weighted by Gasteiger charge is -2.24. The molecule has 98 valence electrons. The van der Waals surface area contributed by atoms with Crippen LogP contribution in [0.3, 0.4) is 0 Å². The number of aliphatic hydroxyl groups excluding tert-OH is 6. The first kappa shape index (κ1) is 17.6. The average Bonchev–Trinajstić information content (AvgIpc) is 2.24. The van der Waals surface area contributed by atoms with Crippen molar-refractivity contribution in [3.8, 4) is 0 Å². The fraction of sp³-hybridized carbons (Fsp3) is 0.875. The Balaban J connectivity index is 0. The van der Waals surface area contributed by atoms with Gasteiger partial charge in [-0.05, 0) is 0 Å². The molecule has 16 heavy (non-hydrogen) atoms. The van der Waals surface area contributed by atoms with Gasteiger partial charge in [-0.15, -0.1) is 0 Å². The van der Waals surface area contributed by atoms with E-state index < -0.39 is 37.6 Å². The molecule has 4 atom stereocenters. The zero-order valence-corrected chi connectivity index (χ0v) is 8.89. The Morgan fingerprint density at radius 2 is 1.19 bits per heavy atom. The fourth-order valence-corrected chi connectivity index (χ4v) is 0.671. The molecule has 8 nitrogen and oxygen atoms in total. The van der Waals surface area contributed by atoms with E-state index >= 15 is 0 Å². The van der Waals surface area contributed by atoms with Gasteiger partial charge in [-0.1, -0.05) is 0 Å². The van der Waals surface area contributed by atoms with Crippen molar-refractivity contribution in [2.24, 2.45) is 5.73 Å². The van der Waals surface area contributed by atoms with Crippen molar-refractivity contribution in [1.29, 1.82) is 0 Å². The molecule has 0 rings (SSSR count). The van der Waals surface area contributed by atoms with E-state index in [2.05, 4.69) is 5.73 Å². The van der Waals surface area contributed by atoms with Gasteiger partial charge in [-0.25, -0.2) is 0 Å². The zero-order chi connectivity index (χ0) is 13.3. The third kappa shape index (κ3) is 8.53. The van der Waals surface area contributed by atoms with Gasteiger partial charge in [0.2, 0.25) is 5.91 Å². The number of aliphatic hydroxyl groups is 6. The first-order valence-corrected chi connectivity index (χ1v) is 4.47. The number of amides is 1. The minimum absolute atomic E-state index is 0.333. The predicted octanol–water partition coefficient (Wildman–Crippen LogP) is -4.09. The van der Waals surface area contributed by atoms with Crippen molar-refractivity contribution in [3.05, 3.63) is 0 Å². The van der Waals surface area contributed by atoms with Crippen LogP contribution in [0.15, 0.2) is 0 Å². The molecule has 4 unspecified atom stereocenters. The second-order valence-corrected chi connectivity index (χ2v) is 3.09. The third-order valence-corrected chi connectivity index (χ3v) is 1.51. The molecular weight excluding hydrogens is 222 g/mol. The standard InChI is InChI=1S/C6H14O6.C2H5NO/c7-1-3(9)5(11)6(12)4(10)2-8;1-2(3)4/h3-12H,1-2H2;1H3,(H2,3,4). The van der Waals surface area contributed by atoms with Gasteiger partial charge in [0, 0.05) is 6.92 Å². The molecule has 8 N–H and O–H groups in total. The van der Waals surface area contributed by atoms with Gasteiger partial charge in [-0.3, -0.25) is 4.79 Å². The van der Waals surface area contributed by atoms with E-state index in [1.165, 1.54) is 6.92 Å². The number of primary amides is 1. The Morgan fingerprint density at radius 1 is 1.00 bits per heavy atom. The van der Waals surface area contributed by atoms with E-state index in [0.29, 0.717) is 0 Å². The monoisotopic (exact) mass is 241 g/mol. The van der Waals surface area contributed by atoms with E-state index in [-0.39, 0.29) is 5.91 Å². The average molecular weight is 241 g/mol. The maximum Gasteiger partial charge on any atom is 0.214 e. The minimum atomic E-state index is -1.67. The highest BCUT2D eigenvalue weighted by molar-refractivity contribution is 5.70. The SMILES string of the molecule is CC(N)=O.OCC(O)C(O)C(O)C(O)CO.